The van der Waals surface area contributed by atoms with E-state index in [0.29, 0.717) is 0 Å². The molecule has 1 aliphatic carbocycles. The highest BCUT2D eigenvalue weighted by atomic mass is 32.1. The van der Waals surface area contributed by atoms with Crippen molar-refractivity contribution in [2.75, 3.05) is 0 Å². The van der Waals surface area contributed by atoms with Gasteiger partial charge < -0.3 is 4.42 Å². The third-order valence-corrected chi connectivity index (χ3v) is 12.7. The largest absolute Gasteiger partial charge is 0.456 e. The van der Waals surface area contributed by atoms with Crippen LogP contribution >= 0.6 is 11.3 Å². The number of fused-ring (bicyclic) bond motifs is 10. The van der Waals surface area contributed by atoms with Crippen LogP contribution in [-0.4, -0.2) is 0 Å². The molecule has 1 aliphatic rings. The number of thiophene rings is 1. The van der Waals surface area contributed by atoms with Crippen LogP contribution in [0.25, 0.3) is 120 Å². The van der Waals surface area contributed by atoms with E-state index in [9.17, 15) is 0 Å². The molecule has 12 rings (SSSR count). The smallest absolute Gasteiger partial charge is 0.136 e. The lowest BCUT2D eigenvalue weighted by Gasteiger charge is -2.18. The Balaban J connectivity index is 1.02. The van der Waals surface area contributed by atoms with Gasteiger partial charge in [-0.05, 0) is 144 Å². The molecule has 0 bridgehead atoms. The van der Waals surface area contributed by atoms with Crippen molar-refractivity contribution in [3.05, 3.63) is 168 Å². The molecule has 0 saturated heterocycles. The van der Waals surface area contributed by atoms with Gasteiger partial charge in [0.15, 0.2) is 0 Å². The van der Waals surface area contributed by atoms with E-state index < -0.39 is 0 Å². The van der Waals surface area contributed by atoms with Crippen molar-refractivity contribution in [1.82, 2.24) is 0 Å². The lowest BCUT2D eigenvalue weighted by molar-refractivity contribution is 0.669. The first-order chi connectivity index (χ1) is 26.7. The standard InChI is InChI=1S/C52H32OS/c1-2-11-32-24-36(21-20-31(32)10-1)52-42-17-5-3-15-40(42)51(41-16-4-6-18-43(41)52)35-13-9-12-33(25-35)34-22-23-49-45(26-34)46-28-37-29-48-44(27-38(37)30-50(46)54-49)39-14-7-8-19-47(39)53-48/h1-3,5,7-30H,4,6H2. The summed E-state index contributed by atoms with van der Waals surface area (Å²) in [6.07, 6.45) is 7.05. The van der Waals surface area contributed by atoms with Crippen LogP contribution in [-0.2, 0) is 0 Å². The SMILES string of the molecule is C1=c2c(-c3cccc(-c4ccc5sc6cc7cc8c(cc7cc6c5c4)oc4ccccc48)c3)c3ccccc3c(-c3ccc4ccccc4c3)c2=CCC1. The molecular formula is C52H32OS. The molecule has 0 atom stereocenters. The Morgan fingerprint density at radius 3 is 1.81 bits per heavy atom. The Labute approximate surface area is 315 Å². The fraction of sp³-hybridized carbons (Fsp3) is 0.0385. The quantitative estimate of drug-likeness (QED) is 0.178. The van der Waals surface area contributed by atoms with Crippen LogP contribution in [0.1, 0.15) is 12.8 Å². The zero-order chi connectivity index (χ0) is 35.3. The molecule has 9 aromatic carbocycles. The summed E-state index contributed by atoms with van der Waals surface area (Å²) in [6, 6.07) is 58.4. The van der Waals surface area contributed by atoms with E-state index in [-0.39, 0.29) is 0 Å². The van der Waals surface area contributed by atoms with Crippen molar-refractivity contribution < 1.29 is 4.42 Å². The van der Waals surface area contributed by atoms with E-state index in [1.54, 1.807) is 0 Å². The molecule has 0 aliphatic heterocycles. The summed E-state index contributed by atoms with van der Waals surface area (Å²) in [5.41, 5.74) is 9.54. The van der Waals surface area contributed by atoms with Crippen molar-refractivity contribution >= 4 is 97.9 Å². The van der Waals surface area contributed by atoms with E-state index in [1.165, 1.54) is 107 Å². The van der Waals surface area contributed by atoms with E-state index in [0.717, 1.165) is 24.0 Å². The normalized spacial score (nSPS) is 13.0. The maximum absolute atomic E-state index is 6.27. The second kappa shape index (κ2) is 11.5. The van der Waals surface area contributed by atoms with Gasteiger partial charge in [0.25, 0.3) is 0 Å². The lowest BCUT2D eigenvalue weighted by atomic mass is 9.85. The second-order valence-corrected chi connectivity index (χ2v) is 15.8. The highest BCUT2D eigenvalue weighted by Gasteiger charge is 2.18. The molecule has 0 amide bonds. The highest BCUT2D eigenvalue weighted by molar-refractivity contribution is 7.25. The molecule has 2 heterocycles. The van der Waals surface area contributed by atoms with E-state index >= 15 is 0 Å². The average molecular weight is 705 g/mol. The summed E-state index contributed by atoms with van der Waals surface area (Å²) in [5.74, 6) is 0. The van der Waals surface area contributed by atoms with Gasteiger partial charge in [-0.1, -0.05) is 115 Å². The van der Waals surface area contributed by atoms with Crippen LogP contribution in [0, 0.1) is 0 Å². The number of para-hydroxylation sites is 1. The third-order valence-electron chi connectivity index (χ3n) is 11.6. The zero-order valence-electron chi connectivity index (χ0n) is 29.4. The molecule has 0 saturated carbocycles. The van der Waals surface area contributed by atoms with Gasteiger partial charge in [0.05, 0.1) is 0 Å². The number of hydrogen-bond donors (Lipinski definition) is 0. The lowest BCUT2D eigenvalue weighted by Crippen LogP contribution is -2.31. The van der Waals surface area contributed by atoms with E-state index in [2.05, 4.69) is 164 Å². The van der Waals surface area contributed by atoms with Gasteiger partial charge in [0.1, 0.15) is 11.2 Å². The van der Waals surface area contributed by atoms with Crippen LogP contribution < -0.4 is 10.4 Å². The maximum atomic E-state index is 6.27. The van der Waals surface area contributed by atoms with Crippen LogP contribution in [0.3, 0.4) is 0 Å². The zero-order valence-corrected chi connectivity index (χ0v) is 30.2. The van der Waals surface area contributed by atoms with E-state index in [1.807, 2.05) is 17.4 Å². The summed E-state index contributed by atoms with van der Waals surface area (Å²) in [5, 5.41) is 15.3. The summed E-state index contributed by atoms with van der Waals surface area (Å²) >= 11 is 1.88. The molecule has 54 heavy (non-hydrogen) atoms. The predicted octanol–water partition coefficient (Wildman–Crippen LogP) is 13.8. The molecule has 2 aromatic heterocycles. The van der Waals surface area contributed by atoms with Crippen molar-refractivity contribution in [1.29, 1.82) is 0 Å². The third kappa shape index (κ3) is 4.50. The highest BCUT2D eigenvalue weighted by Crippen LogP contribution is 2.41. The Bertz CT molecular complexity index is 3510. The Morgan fingerprint density at radius 1 is 0.352 bits per heavy atom. The minimum Gasteiger partial charge on any atom is -0.456 e. The first kappa shape index (κ1) is 30.0. The monoisotopic (exact) mass is 704 g/mol. The van der Waals surface area contributed by atoms with Crippen molar-refractivity contribution in [3.63, 3.8) is 0 Å². The second-order valence-electron chi connectivity index (χ2n) is 14.7. The van der Waals surface area contributed by atoms with Gasteiger partial charge in [-0.3, -0.25) is 0 Å². The minimum absolute atomic E-state index is 0.937. The van der Waals surface area contributed by atoms with Crippen LogP contribution in [0.5, 0.6) is 0 Å². The number of benzene rings is 9. The van der Waals surface area contributed by atoms with Gasteiger partial charge >= 0.3 is 0 Å². The molecule has 0 radical (unpaired) electrons. The average Bonchev–Trinajstić information content (AvgIpc) is 3.77. The molecule has 252 valence electrons. The fourth-order valence-electron chi connectivity index (χ4n) is 9.10. The van der Waals surface area contributed by atoms with Gasteiger partial charge in [0, 0.05) is 30.9 Å². The Hall–Kier alpha value is -6.48. The van der Waals surface area contributed by atoms with Gasteiger partial charge in [-0.2, -0.15) is 0 Å². The molecule has 0 unspecified atom stereocenters. The van der Waals surface area contributed by atoms with Crippen molar-refractivity contribution in [2.24, 2.45) is 0 Å². The summed E-state index contributed by atoms with van der Waals surface area (Å²) in [4.78, 5) is 0. The molecular weight excluding hydrogens is 673 g/mol. The van der Waals surface area contributed by atoms with Crippen LogP contribution in [0.2, 0.25) is 0 Å². The molecule has 1 nitrogen and oxygen atoms in total. The molecule has 0 spiro atoms. The first-order valence-electron chi connectivity index (χ1n) is 18.8. The molecule has 11 aromatic rings. The summed E-state index contributed by atoms with van der Waals surface area (Å²) in [6.45, 7) is 0. The fourth-order valence-corrected chi connectivity index (χ4v) is 10.2. The topological polar surface area (TPSA) is 13.1 Å². The van der Waals surface area contributed by atoms with Crippen molar-refractivity contribution in [2.45, 2.75) is 12.8 Å². The summed E-state index contributed by atoms with van der Waals surface area (Å²) in [7, 11) is 0. The van der Waals surface area contributed by atoms with Gasteiger partial charge in [0.2, 0.25) is 0 Å². The van der Waals surface area contributed by atoms with Crippen molar-refractivity contribution in [3.8, 4) is 33.4 Å². The molecule has 0 fully saturated rings. The van der Waals surface area contributed by atoms with Crippen LogP contribution in [0.4, 0.5) is 0 Å². The minimum atomic E-state index is 0.937. The molecule has 0 N–H and O–H groups in total. The number of rotatable bonds is 3. The first-order valence-corrected chi connectivity index (χ1v) is 19.6. The number of hydrogen-bond acceptors (Lipinski definition) is 2. The summed E-state index contributed by atoms with van der Waals surface area (Å²) < 4.78 is 8.89. The Morgan fingerprint density at radius 2 is 0.981 bits per heavy atom. The van der Waals surface area contributed by atoms with E-state index in [4.69, 9.17) is 4.42 Å². The molecule has 2 heteroatoms. The van der Waals surface area contributed by atoms with Gasteiger partial charge in [-0.25, -0.2) is 0 Å². The van der Waals surface area contributed by atoms with Crippen LogP contribution in [0.15, 0.2) is 162 Å². The maximum Gasteiger partial charge on any atom is 0.136 e. The Kier molecular flexibility index (Phi) is 6.40. The van der Waals surface area contributed by atoms with Gasteiger partial charge in [-0.15, -0.1) is 11.3 Å². The number of furan rings is 1. The predicted molar refractivity (Wildman–Crippen MR) is 233 cm³/mol.